The average molecular weight is 347 g/mol. The SMILES string of the molecule is CCCCCC/C=C/C=C\C1C#CC1[C@@H](O)CCCCCCC(=O)O. The molecule has 0 fully saturated rings. The van der Waals surface area contributed by atoms with E-state index in [1.807, 2.05) is 0 Å². The van der Waals surface area contributed by atoms with Gasteiger partial charge in [-0.25, -0.2) is 0 Å². The molecule has 0 aromatic heterocycles. The van der Waals surface area contributed by atoms with Crippen LogP contribution in [0.25, 0.3) is 0 Å². The number of allylic oxidation sites excluding steroid dienone is 4. The topological polar surface area (TPSA) is 57.5 Å². The second-order valence-corrected chi connectivity index (χ2v) is 6.92. The first-order valence-corrected chi connectivity index (χ1v) is 9.89. The summed E-state index contributed by atoms with van der Waals surface area (Å²) < 4.78 is 0. The summed E-state index contributed by atoms with van der Waals surface area (Å²) in [6, 6.07) is 0. The number of carboxylic acid groups (broad SMARTS) is 1. The second-order valence-electron chi connectivity index (χ2n) is 6.92. The molecule has 0 aliphatic heterocycles. The number of carbonyl (C=O) groups is 1. The Kier molecular flexibility index (Phi) is 11.8. The highest BCUT2D eigenvalue weighted by Crippen LogP contribution is 2.26. The van der Waals surface area contributed by atoms with Gasteiger partial charge in [-0.1, -0.05) is 81.6 Å². The van der Waals surface area contributed by atoms with Crippen LogP contribution in [0.1, 0.15) is 77.6 Å². The van der Waals surface area contributed by atoms with Crippen molar-refractivity contribution in [3.05, 3.63) is 24.3 Å². The van der Waals surface area contributed by atoms with Crippen molar-refractivity contribution in [2.24, 2.45) is 11.8 Å². The molecule has 0 aromatic rings. The highest BCUT2D eigenvalue weighted by molar-refractivity contribution is 5.66. The van der Waals surface area contributed by atoms with Gasteiger partial charge < -0.3 is 10.2 Å². The molecule has 1 aliphatic carbocycles. The van der Waals surface area contributed by atoms with Crippen molar-refractivity contribution in [2.45, 2.75) is 83.7 Å². The number of carboxylic acids is 1. The van der Waals surface area contributed by atoms with Crippen molar-refractivity contribution in [3.63, 3.8) is 0 Å². The van der Waals surface area contributed by atoms with Crippen LogP contribution in [0.3, 0.4) is 0 Å². The summed E-state index contributed by atoms with van der Waals surface area (Å²) in [6.07, 6.45) is 18.9. The Morgan fingerprint density at radius 2 is 1.80 bits per heavy atom. The van der Waals surface area contributed by atoms with E-state index in [0.29, 0.717) is 0 Å². The first-order valence-electron chi connectivity index (χ1n) is 9.89. The molecular weight excluding hydrogens is 312 g/mol. The van der Waals surface area contributed by atoms with E-state index in [-0.39, 0.29) is 24.4 Å². The summed E-state index contributed by atoms with van der Waals surface area (Å²) in [5, 5.41) is 18.8. The van der Waals surface area contributed by atoms with Crippen LogP contribution >= 0.6 is 0 Å². The van der Waals surface area contributed by atoms with E-state index in [4.69, 9.17) is 5.11 Å². The van der Waals surface area contributed by atoms with Crippen molar-refractivity contribution in [2.75, 3.05) is 0 Å². The molecule has 1 aliphatic rings. The fourth-order valence-electron chi connectivity index (χ4n) is 2.99. The van der Waals surface area contributed by atoms with Gasteiger partial charge in [0.15, 0.2) is 0 Å². The number of aliphatic carboxylic acids is 1. The highest BCUT2D eigenvalue weighted by Gasteiger charge is 2.28. The average Bonchev–Trinajstić information content (AvgIpc) is 2.55. The lowest BCUT2D eigenvalue weighted by Gasteiger charge is -2.26. The third-order valence-electron chi connectivity index (χ3n) is 4.65. The predicted molar refractivity (Wildman–Crippen MR) is 103 cm³/mol. The molecule has 1 rings (SSSR count). The predicted octanol–water partition coefficient (Wildman–Crippen LogP) is 5.10. The molecule has 0 aromatic carbocycles. The fraction of sp³-hybridized carbons (Fsp3) is 0.682. The Morgan fingerprint density at radius 3 is 2.48 bits per heavy atom. The van der Waals surface area contributed by atoms with Gasteiger partial charge in [-0.3, -0.25) is 4.79 Å². The van der Waals surface area contributed by atoms with Crippen molar-refractivity contribution in [1.82, 2.24) is 0 Å². The Morgan fingerprint density at radius 1 is 1.04 bits per heavy atom. The van der Waals surface area contributed by atoms with Crippen LogP contribution in [-0.4, -0.2) is 22.3 Å². The molecule has 25 heavy (non-hydrogen) atoms. The van der Waals surface area contributed by atoms with E-state index >= 15 is 0 Å². The molecule has 3 atom stereocenters. The van der Waals surface area contributed by atoms with Crippen LogP contribution in [-0.2, 0) is 4.79 Å². The van der Waals surface area contributed by atoms with Gasteiger partial charge in [0, 0.05) is 6.42 Å². The number of hydrogen-bond acceptors (Lipinski definition) is 2. The fourth-order valence-corrected chi connectivity index (χ4v) is 2.99. The van der Waals surface area contributed by atoms with E-state index < -0.39 is 5.97 Å². The maximum absolute atomic E-state index is 10.4. The van der Waals surface area contributed by atoms with Crippen LogP contribution in [0, 0.1) is 23.7 Å². The minimum atomic E-state index is -0.727. The molecule has 0 amide bonds. The van der Waals surface area contributed by atoms with Crippen LogP contribution in [0.4, 0.5) is 0 Å². The summed E-state index contributed by atoms with van der Waals surface area (Å²) >= 11 is 0. The molecule has 140 valence electrons. The van der Waals surface area contributed by atoms with E-state index in [1.54, 1.807) is 0 Å². The van der Waals surface area contributed by atoms with E-state index in [0.717, 1.165) is 38.5 Å². The van der Waals surface area contributed by atoms with Crippen LogP contribution in [0.2, 0.25) is 0 Å². The first kappa shape index (κ1) is 21.5. The first-order chi connectivity index (χ1) is 12.1. The molecule has 0 saturated heterocycles. The number of aliphatic hydroxyl groups excluding tert-OH is 1. The molecule has 0 heterocycles. The number of hydrogen-bond donors (Lipinski definition) is 2. The lowest BCUT2D eigenvalue weighted by molar-refractivity contribution is -0.137. The molecule has 3 heteroatoms. The van der Waals surface area contributed by atoms with E-state index in [9.17, 15) is 9.90 Å². The van der Waals surface area contributed by atoms with Gasteiger partial charge in [0.1, 0.15) is 0 Å². The molecule has 3 nitrogen and oxygen atoms in total. The van der Waals surface area contributed by atoms with Gasteiger partial charge in [0.2, 0.25) is 0 Å². The number of rotatable bonds is 15. The van der Waals surface area contributed by atoms with Crippen molar-refractivity contribution >= 4 is 5.97 Å². The molecular formula is C22H34O3. The van der Waals surface area contributed by atoms with Gasteiger partial charge in [-0.2, -0.15) is 0 Å². The van der Waals surface area contributed by atoms with Gasteiger partial charge >= 0.3 is 5.97 Å². The smallest absolute Gasteiger partial charge is 0.303 e. The second kappa shape index (κ2) is 13.7. The standard InChI is InChI=1S/C22H34O3/c1-2-3-4-5-6-7-8-11-14-19-17-18-20(19)21(23)15-12-9-10-13-16-22(24)25/h7-8,11,14,19-21,23H,2-6,9-10,12-13,15-16H2,1H3,(H,24,25)/b8-7+,14-11-/t19?,20?,21-/m0/s1. The Balaban J connectivity index is 2.10. The Labute approximate surface area is 153 Å². The summed E-state index contributed by atoms with van der Waals surface area (Å²) in [7, 11) is 0. The summed E-state index contributed by atoms with van der Waals surface area (Å²) in [4.78, 5) is 10.4. The van der Waals surface area contributed by atoms with Crippen LogP contribution < -0.4 is 0 Å². The minimum Gasteiger partial charge on any atom is -0.481 e. The van der Waals surface area contributed by atoms with Crippen LogP contribution in [0.5, 0.6) is 0 Å². The van der Waals surface area contributed by atoms with Crippen molar-refractivity contribution in [1.29, 1.82) is 0 Å². The Bertz CT molecular complexity index is 481. The summed E-state index contributed by atoms with van der Waals surface area (Å²) in [5.41, 5.74) is 0. The van der Waals surface area contributed by atoms with Crippen molar-refractivity contribution < 1.29 is 15.0 Å². The number of unbranched alkanes of at least 4 members (excludes halogenated alkanes) is 7. The van der Waals surface area contributed by atoms with Crippen LogP contribution in [0.15, 0.2) is 24.3 Å². The molecule has 0 spiro atoms. The largest absolute Gasteiger partial charge is 0.481 e. The zero-order valence-corrected chi connectivity index (χ0v) is 15.6. The maximum Gasteiger partial charge on any atom is 0.303 e. The molecule has 0 radical (unpaired) electrons. The van der Waals surface area contributed by atoms with Gasteiger partial charge in [-0.15, -0.1) is 0 Å². The zero-order valence-electron chi connectivity index (χ0n) is 15.6. The van der Waals surface area contributed by atoms with Gasteiger partial charge in [0.05, 0.1) is 17.9 Å². The quantitative estimate of drug-likeness (QED) is 0.246. The normalized spacial score (nSPS) is 20.4. The lowest BCUT2D eigenvalue weighted by atomic mass is 9.79. The summed E-state index contributed by atoms with van der Waals surface area (Å²) in [6.45, 7) is 2.22. The monoisotopic (exact) mass is 346 g/mol. The maximum atomic E-state index is 10.4. The molecule has 2 N–H and O–H groups in total. The summed E-state index contributed by atoms with van der Waals surface area (Å²) in [5.74, 6) is 5.72. The molecule has 0 saturated carbocycles. The Hall–Kier alpha value is -1.53. The van der Waals surface area contributed by atoms with E-state index in [1.165, 1.54) is 25.7 Å². The number of aliphatic hydroxyl groups is 1. The van der Waals surface area contributed by atoms with Gasteiger partial charge in [0.25, 0.3) is 0 Å². The third-order valence-corrected chi connectivity index (χ3v) is 4.65. The lowest BCUT2D eigenvalue weighted by Crippen LogP contribution is -2.30. The van der Waals surface area contributed by atoms with Crippen molar-refractivity contribution in [3.8, 4) is 11.8 Å². The highest BCUT2D eigenvalue weighted by atomic mass is 16.4. The molecule has 0 bridgehead atoms. The van der Waals surface area contributed by atoms with Gasteiger partial charge in [-0.05, 0) is 25.7 Å². The molecule has 2 unspecified atom stereocenters. The third kappa shape index (κ3) is 10.1. The minimum absolute atomic E-state index is 0.0632. The van der Waals surface area contributed by atoms with E-state index in [2.05, 4.69) is 43.1 Å². The zero-order chi connectivity index (χ0) is 18.3.